The zero-order valence-electron chi connectivity index (χ0n) is 4.27. The summed E-state index contributed by atoms with van der Waals surface area (Å²) in [6, 6.07) is 0.368. The highest BCUT2D eigenvalue weighted by Gasteiger charge is 2.15. The maximum atomic E-state index is 10.3. The minimum absolute atomic E-state index is 0.0764. The molecule has 1 rings (SSSR count). The number of carbonyl (C=O) groups is 1. The second-order valence-corrected chi connectivity index (χ2v) is 1.85. The van der Waals surface area contributed by atoms with Crippen LogP contribution in [0, 0.1) is 6.42 Å². The molecule has 2 heteroatoms. The van der Waals surface area contributed by atoms with Gasteiger partial charge in [0.25, 0.3) is 0 Å². The van der Waals surface area contributed by atoms with Gasteiger partial charge in [-0.25, -0.2) is 0 Å². The maximum Gasteiger partial charge on any atom is 0.224 e. The van der Waals surface area contributed by atoms with E-state index in [1.807, 2.05) is 6.92 Å². The van der Waals surface area contributed by atoms with Crippen LogP contribution in [-0.2, 0) is 4.79 Å². The summed E-state index contributed by atoms with van der Waals surface area (Å²) < 4.78 is 0. The average Bonchev–Trinajstić information content (AvgIpc) is 1.87. The minimum atomic E-state index is 0.0764. The van der Waals surface area contributed by atoms with Gasteiger partial charge in [0.2, 0.25) is 5.91 Å². The van der Waals surface area contributed by atoms with Crippen molar-refractivity contribution in [2.45, 2.75) is 19.4 Å². The van der Waals surface area contributed by atoms with Gasteiger partial charge in [-0.2, -0.15) is 0 Å². The Balaban J connectivity index is 2.40. The van der Waals surface area contributed by atoms with E-state index in [1.165, 1.54) is 0 Å². The molecular formula is C5H8NO. The van der Waals surface area contributed by atoms with Gasteiger partial charge in [-0.05, 0) is 13.3 Å². The minimum Gasteiger partial charge on any atom is -0.353 e. The average molecular weight is 98.1 g/mol. The number of rotatable bonds is 0. The predicted octanol–water partition coefficient (Wildman–Crippen LogP) is 0.0991. The molecule has 39 valence electrons. The Labute approximate surface area is 42.9 Å². The van der Waals surface area contributed by atoms with Crippen molar-refractivity contribution in [3.63, 3.8) is 0 Å². The maximum absolute atomic E-state index is 10.3. The third-order valence-electron chi connectivity index (χ3n) is 1.05. The summed E-state index contributed by atoms with van der Waals surface area (Å²) in [6.07, 6.45) is 2.56. The predicted molar refractivity (Wildman–Crippen MR) is 26.5 cm³/mol. The van der Waals surface area contributed by atoms with Crippen molar-refractivity contribution in [3.8, 4) is 0 Å². The highest BCUT2D eigenvalue weighted by Crippen LogP contribution is 2.02. The lowest BCUT2D eigenvalue weighted by atomic mass is 10.3. The van der Waals surface area contributed by atoms with Crippen LogP contribution in [0.25, 0.3) is 0 Å². The molecule has 0 aromatic carbocycles. The van der Waals surface area contributed by atoms with E-state index in [9.17, 15) is 4.79 Å². The van der Waals surface area contributed by atoms with Gasteiger partial charge in [0.15, 0.2) is 0 Å². The van der Waals surface area contributed by atoms with E-state index >= 15 is 0 Å². The van der Waals surface area contributed by atoms with Gasteiger partial charge in [-0.1, -0.05) is 0 Å². The van der Waals surface area contributed by atoms with E-state index in [1.54, 1.807) is 6.42 Å². The molecule has 0 bridgehead atoms. The Morgan fingerprint density at radius 2 is 2.71 bits per heavy atom. The van der Waals surface area contributed by atoms with E-state index in [-0.39, 0.29) is 5.91 Å². The van der Waals surface area contributed by atoms with Gasteiger partial charge in [0, 0.05) is 6.04 Å². The number of hydrogen-bond acceptors (Lipinski definition) is 1. The monoisotopic (exact) mass is 98.1 g/mol. The smallest absolute Gasteiger partial charge is 0.224 e. The van der Waals surface area contributed by atoms with Crippen LogP contribution >= 0.6 is 0 Å². The quantitative estimate of drug-likeness (QED) is 0.457. The van der Waals surface area contributed by atoms with Crippen molar-refractivity contribution in [1.82, 2.24) is 5.32 Å². The lowest BCUT2D eigenvalue weighted by Gasteiger charge is -1.95. The molecule has 2 nitrogen and oxygen atoms in total. The summed E-state index contributed by atoms with van der Waals surface area (Å²) in [4.78, 5) is 10.3. The molecule has 1 unspecified atom stereocenters. The fraction of sp³-hybridized carbons (Fsp3) is 0.600. The van der Waals surface area contributed by atoms with E-state index < -0.39 is 0 Å². The molecular weight excluding hydrogens is 90.1 g/mol. The van der Waals surface area contributed by atoms with Gasteiger partial charge >= 0.3 is 0 Å². The summed E-state index contributed by atoms with van der Waals surface area (Å²) in [6.45, 7) is 1.99. The Hall–Kier alpha value is -0.530. The van der Waals surface area contributed by atoms with E-state index in [2.05, 4.69) is 5.32 Å². The summed E-state index contributed by atoms with van der Waals surface area (Å²) in [5.41, 5.74) is 0. The first-order valence-corrected chi connectivity index (χ1v) is 2.43. The molecule has 0 saturated carbocycles. The van der Waals surface area contributed by atoms with Gasteiger partial charge in [-0.15, -0.1) is 0 Å². The molecule has 1 amide bonds. The van der Waals surface area contributed by atoms with Crippen molar-refractivity contribution in [2.75, 3.05) is 0 Å². The standard InChI is InChI=1S/C5H8NO/c1-4-2-3-5(7)6-4/h3-4H,2H2,1H3,(H,6,7). The SMILES string of the molecule is CC1C[CH]C(=O)N1. The van der Waals surface area contributed by atoms with Crippen LogP contribution in [0.1, 0.15) is 13.3 Å². The third-order valence-corrected chi connectivity index (χ3v) is 1.05. The fourth-order valence-corrected chi connectivity index (χ4v) is 0.645. The van der Waals surface area contributed by atoms with Crippen LogP contribution in [0.5, 0.6) is 0 Å². The molecule has 1 heterocycles. The molecule has 1 fully saturated rings. The van der Waals surface area contributed by atoms with Gasteiger partial charge in [0.05, 0.1) is 6.42 Å². The molecule has 0 aromatic heterocycles. The topological polar surface area (TPSA) is 29.1 Å². The highest BCUT2D eigenvalue weighted by atomic mass is 16.1. The first kappa shape index (κ1) is 4.62. The Kier molecular flexibility index (Phi) is 1.01. The molecule has 0 spiro atoms. The summed E-state index contributed by atoms with van der Waals surface area (Å²) in [7, 11) is 0. The van der Waals surface area contributed by atoms with E-state index in [0.29, 0.717) is 6.04 Å². The molecule has 1 N–H and O–H groups in total. The second kappa shape index (κ2) is 1.52. The van der Waals surface area contributed by atoms with Crippen LogP contribution in [0.2, 0.25) is 0 Å². The lowest BCUT2D eigenvalue weighted by molar-refractivity contribution is -0.116. The summed E-state index contributed by atoms with van der Waals surface area (Å²) in [5.74, 6) is 0.0764. The Morgan fingerprint density at radius 1 is 2.00 bits per heavy atom. The molecule has 1 aliphatic rings. The molecule has 7 heavy (non-hydrogen) atoms. The second-order valence-electron chi connectivity index (χ2n) is 1.85. The zero-order chi connectivity index (χ0) is 5.28. The van der Waals surface area contributed by atoms with Gasteiger partial charge < -0.3 is 5.32 Å². The zero-order valence-corrected chi connectivity index (χ0v) is 4.27. The van der Waals surface area contributed by atoms with E-state index in [4.69, 9.17) is 0 Å². The Morgan fingerprint density at radius 3 is 2.86 bits per heavy atom. The number of nitrogens with one attached hydrogen (secondary N) is 1. The molecule has 1 radical (unpaired) electrons. The third kappa shape index (κ3) is 0.918. The first-order valence-electron chi connectivity index (χ1n) is 2.43. The molecule has 0 aromatic rings. The Bertz CT molecular complexity index is 90.1. The molecule has 1 saturated heterocycles. The van der Waals surface area contributed by atoms with Gasteiger partial charge in [0.1, 0.15) is 0 Å². The molecule has 0 aliphatic carbocycles. The summed E-state index contributed by atoms with van der Waals surface area (Å²) in [5, 5.41) is 2.72. The lowest BCUT2D eigenvalue weighted by Crippen LogP contribution is -2.21. The van der Waals surface area contributed by atoms with Crippen molar-refractivity contribution in [1.29, 1.82) is 0 Å². The normalized spacial score (nSPS) is 30.4. The van der Waals surface area contributed by atoms with E-state index in [0.717, 1.165) is 6.42 Å². The fourth-order valence-electron chi connectivity index (χ4n) is 0.645. The van der Waals surface area contributed by atoms with Crippen molar-refractivity contribution < 1.29 is 4.79 Å². The first-order chi connectivity index (χ1) is 3.29. The van der Waals surface area contributed by atoms with Crippen molar-refractivity contribution >= 4 is 5.91 Å². The van der Waals surface area contributed by atoms with Crippen LogP contribution < -0.4 is 5.32 Å². The molecule has 1 aliphatic heterocycles. The van der Waals surface area contributed by atoms with Crippen LogP contribution in [0.15, 0.2) is 0 Å². The number of hydrogen-bond donors (Lipinski definition) is 1. The highest BCUT2D eigenvalue weighted by molar-refractivity contribution is 5.87. The van der Waals surface area contributed by atoms with Crippen LogP contribution in [-0.4, -0.2) is 11.9 Å². The van der Waals surface area contributed by atoms with Crippen LogP contribution in [0.3, 0.4) is 0 Å². The number of amides is 1. The summed E-state index contributed by atoms with van der Waals surface area (Å²) >= 11 is 0. The number of carbonyl (C=O) groups excluding carboxylic acids is 1. The van der Waals surface area contributed by atoms with Crippen molar-refractivity contribution in [3.05, 3.63) is 6.42 Å². The van der Waals surface area contributed by atoms with Crippen LogP contribution in [0.4, 0.5) is 0 Å². The molecule has 1 atom stereocenters. The van der Waals surface area contributed by atoms with Crippen molar-refractivity contribution in [2.24, 2.45) is 0 Å². The largest absolute Gasteiger partial charge is 0.353 e. The van der Waals surface area contributed by atoms with Gasteiger partial charge in [-0.3, -0.25) is 4.79 Å².